The maximum absolute atomic E-state index is 12.3. The highest BCUT2D eigenvalue weighted by atomic mass is 32.1. The van der Waals surface area contributed by atoms with E-state index in [1.165, 1.54) is 0 Å². The molecule has 23 heavy (non-hydrogen) atoms. The molecule has 1 N–H and O–H groups in total. The number of urea groups is 1. The number of aromatic nitrogens is 1. The van der Waals surface area contributed by atoms with Crippen LogP contribution in [0.5, 0.6) is 5.88 Å². The number of anilines is 1. The second-order valence-corrected chi connectivity index (χ2v) is 5.94. The molecule has 0 bridgehead atoms. The van der Waals surface area contributed by atoms with E-state index in [4.69, 9.17) is 9.47 Å². The molecule has 0 unspecified atom stereocenters. The van der Waals surface area contributed by atoms with Gasteiger partial charge in [0.2, 0.25) is 5.88 Å². The van der Waals surface area contributed by atoms with Crippen molar-refractivity contribution < 1.29 is 14.3 Å². The summed E-state index contributed by atoms with van der Waals surface area (Å²) >= 11 is 1.63. The first kappa shape index (κ1) is 17.2. The van der Waals surface area contributed by atoms with Gasteiger partial charge < -0.3 is 19.7 Å². The number of methoxy groups -OCH3 is 1. The molecule has 1 atom stereocenters. The third-order valence-electron chi connectivity index (χ3n) is 3.38. The van der Waals surface area contributed by atoms with Crippen LogP contribution < -0.4 is 10.1 Å². The Labute approximate surface area is 140 Å². The van der Waals surface area contributed by atoms with Gasteiger partial charge >= 0.3 is 6.03 Å². The third kappa shape index (κ3) is 4.94. The molecular weight excluding hydrogens is 314 g/mol. The molecular formula is C16H21N3O3S. The van der Waals surface area contributed by atoms with Crippen LogP contribution in [-0.2, 0) is 4.74 Å². The molecule has 0 aliphatic heterocycles. The lowest BCUT2D eigenvalue weighted by Gasteiger charge is -2.24. The molecule has 7 heteroatoms. The number of hydrogen-bond acceptors (Lipinski definition) is 5. The monoisotopic (exact) mass is 335 g/mol. The van der Waals surface area contributed by atoms with Crippen molar-refractivity contribution in [3.63, 3.8) is 0 Å². The summed E-state index contributed by atoms with van der Waals surface area (Å²) in [6, 6.07) is 7.31. The van der Waals surface area contributed by atoms with Crippen molar-refractivity contribution in [3.8, 4) is 5.88 Å². The Morgan fingerprint density at radius 3 is 2.83 bits per heavy atom. The van der Waals surface area contributed by atoms with Crippen LogP contribution in [0.2, 0.25) is 0 Å². The van der Waals surface area contributed by atoms with Crippen molar-refractivity contribution >= 4 is 23.1 Å². The summed E-state index contributed by atoms with van der Waals surface area (Å²) in [4.78, 5) is 19.2. The Morgan fingerprint density at radius 1 is 1.39 bits per heavy atom. The highest BCUT2D eigenvalue weighted by molar-refractivity contribution is 7.10. The molecule has 0 fully saturated rings. The van der Waals surface area contributed by atoms with Crippen LogP contribution in [0.25, 0.3) is 0 Å². The van der Waals surface area contributed by atoms with Crippen molar-refractivity contribution in [2.75, 3.05) is 32.7 Å². The van der Waals surface area contributed by atoms with Crippen molar-refractivity contribution in [1.82, 2.24) is 9.88 Å². The lowest BCUT2D eigenvalue weighted by atomic mass is 10.2. The first-order valence-electron chi connectivity index (χ1n) is 7.27. The van der Waals surface area contributed by atoms with E-state index in [2.05, 4.69) is 10.3 Å². The summed E-state index contributed by atoms with van der Waals surface area (Å²) in [6.45, 7) is 2.94. The molecule has 0 aliphatic rings. The number of carbonyl (C=O) groups is 1. The average Bonchev–Trinajstić information content (AvgIpc) is 3.09. The van der Waals surface area contributed by atoms with E-state index in [0.717, 1.165) is 4.88 Å². The van der Waals surface area contributed by atoms with Crippen LogP contribution in [0.4, 0.5) is 10.5 Å². The first-order valence-corrected chi connectivity index (χ1v) is 8.14. The fourth-order valence-corrected chi connectivity index (χ4v) is 2.70. The molecule has 0 aliphatic carbocycles. The summed E-state index contributed by atoms with van der Waals surface area (Å²) in [6.07, 6.45) is 1.57. The Kier molecular flexibility index (Phi) is 6.37. The van der Waals surface area contributed by atoms with Gasteiger partial charge in [-0.2, -0.15) is 0 Å². The van der Waals surface area contributed by atoms with Crippen molar-refractivity contribution in [2.45, 2.75) is 13.0 Å². The summed E-state index contributed by atoms with van der Waals surface area (Å²) in [5.74, 6) is 0.500. The molecule has 0 radical (unpaired) electrons. The molecule has 0 spiro atoms. The largest absolute Gasteiger partial charge is 0.475 e. The minimum absolute atomic E-state index is 0.0135. The minimum Gasteiger partial charge on any atom is -0.475 e. The Balaban J connectivity index is 1.89. The number of hydrogen-bond donors (Lipinski definition) is 1. The Morgan fingerprint density at radius 2 is 2.22 bits per heavy atom. The molecule has 124 valence electrons. The zero-order valence-electron chi connectivity index (χ0n) is 13.5. The molecule has 0 saturated carbocycles. The van der Waals surface area contributed by atoms with Gasteiger partial charge in [-0.25, -0.2) is 9.78 Å². The fourth-order valence-electron chi connectivity index (χ4n) is 1.88. The predicted molar refractivity (Wildman–Crippen MR) is 91.1 cm³/mol. The van der Waals surface area contributed by atoms with Gasteiger partial charge in [0.05, 0.1) is 24.5 Å². The van der Waals surface area contributed by atoms with Crippen LogP contribution in [0.1, 0.15) is 17.8 Å². The average molecular weight is 335 g/mol. The zero-order valence-corrected chi connectivity index (χ0v) is 14.3. The first-order chi connectivity index (χ1) is 11.1. The topological polar surface area (TPSA) is 63.7 Å². The second-order valence-electron chi connectivity index (χ2n) is 4.96. The molecule has 0 saturated heterocycles. The van der Waals surface area contributed by atoms with Crippen LogP contribution in [0, 0.1) is 0 Å². The standard InChI is InChI=1S/C16H21N3O3S/c1-12(14-5-4-10-23-14)19(2)16(20)18-13-6-7-15(17-11-13)22-9-8-21-3/h4-7,10-12H,8-9H2,1-3H3,(H,18,20)/t12-/m0/s1. The van der Waals surface area contributed by atoms with Gasteiger partial charge in [-0.15, -0.1) is 11.3 Å². The van der Waals surface area contributed by atoms with Crippen LogP contribution in [0.15, 0.2) is 35.8 Å². The van der Waals surface area contributed by atoms with Crippen molar-refractivity contribution in [1.29, 1.82) is 0 Å². The van der Waals surface area contributed by atoms with E-state index >= 15 is 0 Å². The summed E-state index contributed by atoms with van der Waals surface area (Å²) in [5.41, 5.74) is 0.624. The van der Waals surface area contributed by atoms with E-state index in [-0.39, 0.29) is 12.1 Å². The Hall–Kier alpha value is -2.12. The summed E-state index contributed by atoms with van der Waals surface area (Å²) < 4.78 is 10.3. The molecule has 2 rings (SSSR count). The molecule has 6 nitrogen and oxygen atoms in total. The fraction of sp³-hybridized carbons (Fsp3) is 0.375. The van der Waals surface area contributed by atoms with E-state index in [1.54, 1.807) is 48.7 Å². The number of rotatable bonds is 7. The van der Waals surface area contributed by atoms with Gasteiger partial charge in [0, 0.05) is 25.1 Å². The highest BCUT2D eigenvalue weighted by Gasteiger charge is 2.18. The van der Waals surface area contributed by atoms with E-state index in [9.17, 15) is 4.79 Å². The van der Waals surface area contributed by atoms with E-state index in [1.807, 2.05) is 24.4 Å². The quantitative estimate of drug-likeness (QED) is 0.788. The normalized spacial score (nSPS) is 11.8. The zero-order chi connectivity index (χ0) is 16.7. The number of carbonyl (C=O) groups excluding carboxylic acids is 1. The van der Waals surface area contributed by atoms with Gasteiger partial charge in [0.15, 0.2) is 0 Å². The predicted octanol–water partition coefficient (Wildman–Crippen LogP) is 3.39. The molecule has 0 aromatic carbocycles. The van der Waals surface area contributed by atoms with Gasteiger partial charge in [-0.05, 0) is 24.4 Å². The molecule has 2 aromatic rings. The van der Waals surface area contributed by atoms with Crippen molar-refractivity contribution in [2.24, 2.45) is 0 Å². The SMILES string of the molecule is COCCOc1ccc(NC(=O)N(C)[C@@H](C)c2cccs2)cn1. The Bertz CT molecular complexity index is 602. The smallest absolute Gasteiger partial charge is 0.322 e. The molecule has 2 amide bonds. The summed E-state index contributed by atoms with van der Waals surface area (Å²) in [7, 11) is 3.39. The van der Waals surface area contributed by atoms with Gasteiger partial charge in [-0.3, -0.25) is 0 Å². The molecule has 2 heterocycles. The van der Waals surface area contributed by atoms with Crippen LogP contribution in [-0.4, -0.2) is 43.3 Å². The summed E-state index contributed by atoms with van der Waals surface area (Å²) in [5, 5.41) is 4.83. The number of pyridine rings is 1. The van der Waals surface area contributed by atoms with Gasteiger partial charge in [-0.1, -0.05) is 6.07 Å². The highest BCUT2D eigenvalue weighted by Crippen LogP contribution is 2.24. The lowest BCUT2D eigenvalue weighted by molar-refractivity contribution is 0.144. The number of nitrogens with zero attached hydrogens (tertiary/aromatic N) is 2. The molecule has 2 aromatic heterocycles. The third-order valence-corrected chi connectivity index (χ3v) is 4.42. The number of ether oxygens (including phenoxy) is 2. The maximum Gasteiger partial charge on any atom is 0.322 e. The number of thiophene rings is 1. The van der Waals surface area contributed by atoms with Crippen LogP contribution >= 0.6 is 11.3 Å². The van der Waals surface area contributed by atoms with Gasteiger partial charge in [0.1, 0.15) is 6.61 Å². The lowest BCUT2D eigenvalue weighted by Crippen LogP contribution is -2.33. The van der Waals surface area contributed by atoms with E-state index in [0.29, 0.717) is 24.8 Å². The van der Waals surface area contributed by atoms with E-state index < -0.39 is 0 Å². The van der Waals surface area contributed by atoms with Crippen LogP contribution in [0.3, 0.4) is 0 Å². The number of amides is 2. The second kappa shape index (κ2) is 8.50. The number of nitrogens with one attached hydrogen (secondary N) is 1. The van der Waals surface area contributed by atoms with Crippen molar-refractivity contribution in [3.05, 3.63) is 40.7 Å². The van der Waals surface area contributed by atoms with Gasteiger partial charge in [0.25, 0.3) is 0 Å². The minimum atomic E-state index is -0.180. The maximum atomic E-state index is 12.3.